The molecule has 0 saturated carbocycles. The summed E-state index contributed by atoms with van der Waals surface area (Å²) in [6.45, 7) is 5.65. The Balaban J connectivity index is 1.74. The molecule has 0 N–H and O–H groups in total. The van der Waals surface area contributed by atoms with E-state index in [9.17, 15) is 4.79 Å². The molecule has 0 bridgehead atoms. The Morgan fingerprint density at radius 2 is 1.70 bits per heavy atom. The van der Waals surface area contributed by atoms with Gasteiger partial charge in [0.25, 0.3) is 0 Å². The van der Waals surface area contributed by atoms with Crippen LogP contribution in [0.2, 0.25) is 5.02 Å². The largest absolute Gasteiger partial charge is 0.273 e. The van der Waals surface area contributed by atoms with Crippen molar-refractivity contribution in [2.75, 3.05) is 0 Å². The van der Waals surface area contributed by atoms with E-state index in [-0.39, 0.29) is 11.9 Å². The van der Waals surface area contributed by atoms with Gasteiger partial charge in [-0.2, -0.15) is 5.10 Å². The van der Waals surface area contributed by atoms with Gasteiger partial charge in [0.1, 0.15) is 0 Å². The van der Waals surface area contributed by atoms with Crippen molar-refractivity contribution in [1.82, 2.24) is 9.99 Å². The molecule has 33 heavy (non-hydrogen) atoms. The van der Waals surface area contributed by atoms with Gasteiger partial charge >= 0.3 is 0 Å². The molecular formula is C28H24ClN3O. The molecule has 0 aliphatic carbocycles. The van der Waals surface area contributed by atoms with Crippen molar-refractivity contribution in [2.45, 2.75) is 33.2 Å². The van der Waals surface area contributed by atoms with E-state index in [1.165, 1.54) is 0 Å². The average molecular weight is 454 g/mol. The smallest absolute Gasteiger partial charge is 0.240 e. The van der Waals surface area contributed by atoms with E-state index in [1.807, 2.05) is 55.5 Å². The zero-order chi connectivity index (χ0) is 23.1. The number of hydrogen-bond donors (Lipinski definition) is 0. The van der Waals surface area contributed by atoms with Gasteiger partial charge in [0, 0.05) is 40.6 Å². The molecule has 4 aromatic rings. The Bertz CT molecular complexity index is 1410. The standard InChI is InChI=1S/C28H24ClN3O/c1-17-9-7-8-12-22(17)26-16-25(31-32(26)19(3)33)27-18(2)30-24-15-21(29)13-14-23(24)28(27)20-10-5-4-6-11-20/h4-15,26H,16H2,1-3H3/t26-/m1/s1. The molecule has 5 heteroatoms. The van der Waals surface area contributed by atoms with Gasteiger partial charge in [-0.15, -0.1) is 0 Å². The number of fused-ring (bicyclic) bond motifs is 1. The van der Waals surface area contributed by atoms with Gasteiger partial charge in [0.05, 0.1) is 17.3 Å². The first-order valence-electron chi connectivity index (χ1n) is 11.0. The van der Waals surface area contributed by atoms with Crippen molar-refractivity contribution in [2.24, 2.45) is 5.10 Å². The number of aryl methyl sites for hydroxylation is 2. The number of carbonyl (C=O) groups is 1. The number of carbonyl (C=O) groups excluding carboxylic acids is 1. The zero-order valence-electron chi connectivity index (χ0n) is 18.8. The lowest BCUT2D eigenvalue weighted by molar-refractivity contribution is -0.130. The third-order valence-electron chi connectivity index (χ3n) is 6.26. The molecule has 0 unspecified atom stereocenters. The Labute approximate surface area is 198 Å². The van der Waals surface area contributed by atoms with Crippen molar-refractivity contribution in [3.8, 4) is 11.1 Å². The van der Waals surface area contributed by atoms with E-state index in [0.29, 0.717) is 11.4 Å². The highest BCUT2D eigenvalue weighted by molar-refractivity contribution is 6.31. The highest BCUT2D eigenvalue weighted by Gasteiger charge is 2.34. The fraction of sp³-hybridized carbons (Fsp3) is 0.179. The highest BCUT2D eigenvalue weighted by Crippen LogP contribution is 2.40. The summed E-state index contributed by atoms with van der Waals surface area (Å²) in [6.07, 6.45) is 0.631. The fourth-order valence-corrected chi connectivity index (χ4v) is 4.94. The molecule has 3 aromatic carbocycles. The van der Waals surface area contributed by atoms with Gasteiger partial charge in [0.15, 0.2) is 0 Å². The Morgan fingerprint density at radius 1 is 0.970 bits per heavy atom. The number of amides is 1. The van der Waals surface area contributed by atoms with E-state index in [0.717, 1.165) is 50.1 Å². The normalized spacial score (nSPS) is 15.7. The average Bonchev–Trinajstić information content (AvgIpc) is 3.24. The minimum absolute atomic E-state index is 0.0716. The lowest BCUT2D eigenvalue weighted by Gasteiger charge is -2.22. The SMILES string of the molecule is CC(=O)N1N=C(c2c(C)nc3cc(Cl)ccc3c2-c2ccccc2)C[C@@H]1c1ccccc1C. The summed E-state index contributed by atoms with van der Waals surface area (Å²) in [6, 6.07) is 24.1. The van der Waals surface area contributed by atoms with Crippen LogP contribution in [0.15, 0.2) is 77.9 Å². The molecule has 0 radical (unpaired) electrons. The van der Waals surface area contributed by atoms with Crippen LogP contribution in [0.25, 0.3) is 22.0 Å². The summed E-state index contributed by atoms with van der Waals surface area (Å²) in [5.41, 5.74) is 8.00. The maximum Gasteiger partial charge on any atom is 0.240 e. The topological polar surface area (TPSA) is 45.6 Å². The number of aromatic nitrogens is 1. The fourth-order valence-electron chi connectivity index (χ4n) is 4.77. The lowest BCUT2D eigenvalue weighted by atomic mass is 9.88. The van der Waals surface area contributed by atoms with Crippen molar-refractivity contribution >= 4 is 34.1 Å². The first kappa shape index (κ1) is 21.4. The Morgan fingerprint density at radius 3 is 2.42 bits per heavy atom. The second kappa shape index (κ2) is 8.45. The van der Waals surface area contributed by atoms with Crippen LogP contribution in [0.3, 0.4) is 0 Å². The van der Waals surface area contributed by atoms with Crippen molar-refractivity contribution in [3.05, 3.63) is 100 Å². The molecular weight excluding hydrogens is 430 g/mol. The van der Waals surface area contributed by atoms with Crippen molar-refractivity contribution in [1.29, 1.82) is 0 Å². The molecule has 5 rings (SSSR count). The number of rotatable bonds is 3. The van der Waals surface area contributed by atoms with Crippen LogP contribution in [0.5, 0.6) is 0 Å². The van der Waals surface area contributed by atoms with E-state index in [1.54, 1.807) is 11.9 Å². The highest BCUT2D eigenvalue weighted by atomic mass is 35.5. The number of benzene rings is 3. The Hall–Kier alpha value is -3.50. The van der Waals surface area contributed by atoms with E-state index >= 15 is 0 Å². The quantitative estimate of drug-likeness (QED) is 0.339. The lowest BCUT2D eigenvalue weighted by Crippen LogP contribution is -2.24. The molecule has 1 aliphatic heterocycles. The van der Waals surface area contributed by atoms with Crippen LogP contribution in [0.4, 0.5) is 0 Å². The van der Waals surface area contributed by atoms with Crippen molar-refractivity contribution in [3.63, 3.8) is 0 Å². The molecule has 1 aromatic heterocycles. The second-order valence-electron chi connectivity index (χ2n) is 8.46. The van der Waals surface area contributed by atoms with Crippen LogP contribution in [0, 0.1) is 13.8 Å². The summed E-state index contributed by atoms with van der Waals surface area (Å²) >= 11 is 6.28. The van der Waals surface area contributed by atoms with Crippen LogP contribution >= 0.6 is 11.6 Å². The molecule has 1 amide bonds. The molecule has 164 valence electrons. The van der Waals surface area contributed by atoms with E-state index in [2.05, 4.69) is 31.2 Å². The maximum absolute atomic E-state index is 12.6. The number of hydrogen-bond acceptors (Lipinski definition) is 3. The summed E-state index contributed by atoms with van der Waals surface area (Å²) in [5, 5.41) is 8.16. The molecule has 1 aliphatic rings. The minimum Gasteiger partial charge on any atom is -0.273 e. The molecule has 0 fully saturated rings. The zero-order valence-corrected chi connectivity index (χ0v) is 19.6. The third-order valence-corrected chi connectivity index (χ3v) is 6.50. The van der Waals surface area contributed by atoms with Crippen LogP contribution in [-0.4, -0.2) is 21.6 Å². The number of hydrazone groups is 1. The maximum atomic E-state index is 12.6. The van der Waals surface area contributed by atoms with E-state index < -0.39 is 0 Å². The predicted molar refractivity (Wildman–Crippen MR) is 135 cm³/mol. The number of pyridine rings is 1. The predicted octanol–water partition coefficient (Wildman–Crippen LogP) is 6.87. The van der Waals surface area contributed by atoms with Crippen LogP contribution in [0.1, 0.15) is 41.8 Å². The summed E-state index contributed by atoms with van der Waals surface area (Å²) in [5.74, 6) is -0.0716. The Kier molecular flexibility index (Phi) is 5.47. The molecule has 0 saturated heterocycles. The van der Waals surface area contributed by atoms with Crippen LogP contribution in [-0.2, 0) is 4.79 Å². The molecule has 1 atom stereocenters. The summed E-state index contributed by atoms with van der Waals surface area (Å²) in [4.78, 5) is 17.5. The van der Waals surface area contributed by atoms with Gasteiger partial charge in [-0.05, 0) is 42.7 Å². The van der Waals surface area contributed by atoms with Gasteiger partial charge in [0.2, 0.25) is 5.91 Å². The first-order valence-corrected chi connectivity index (χ1v) is 11.4. The summed E-state index contributed by atoms with van der Waals surface area (Å²) < 4.78 is 0. The molecule has 0 spiro atoms. The van der Waals surface area contributed by atoms with Gasteiger partial charge < -0.3 is 0 Å². The minimum atomic E-state index is -0.136. The second-order valence-corrected chi connectivity index (χ2v) is 8.90. The van der Waals surface area contributed by atoms with E-state index in [4.69, 9.17) is 21.7 Å². The van der Waals surface area contributed by atoms with Gasteiger partial charge in [-0.1, -0.05) is 72.3 Å². The monoisotopic (exact) mass is 453 g/mol. The van der Waals surface area contributed by atoms with Crippen LogP contribution < -0.4 is 0 Å². The van der Waals surface area contributed by atoms with Gasteiger partial charge in [-0.25, -0.2) is 5.01 Å². The molecule has 4 nitrogen and oxygen atoms in total. The summed E-state index contributed by atoms with van der Waals surface area (Å²) in [7, 11) is 0. The number of nitrogens with zero attached hydrogens (tertiary/aromatic N) is 3. The third kappa shape index (κ3) is 3.81. The number of halogens is 1. The first-order chi connectivity index (χ1) is 15.9. The van der Waals surface area contributed by atoms with Gasteiger partial charge in [-0.3, -0.25) is 9.78 Å². The van der Waals surface area contributed by atoms with Crippen molar-refractivity contribution < 1.29 is 4.79 Å². The molecule has 2 heterocycles.